The average Bonchev–Trinajstić information content (AvgIpc) is 3.38. The number of likely N-dealkylation sites (tertiary alicyclic amines) is 1. The zero-order valence-corrected chi connectivity index (χ0v) is 17.6. The van der Waals surface area contributed by atoms with Crippen molar-refractivity contribution in [2.24, 2.45) is 10.1 Å². The van der Waals surface area contributed by atoms with Crippen molar-refractivity contribution in [2.75, 3.05) is 26.7 Å². The molecular formula is C19H27N5O2S2. The number of sulfonamides is 1. The van der Waals surface area contributed by atoms with Crippen LogP contribution in [0.3, 0.4) is 0 Å². The normalized spacial score (nSPS) is 16.9. The molecule has 9 heteroatoms. The van der Waals surface area contributed by atoms with Crippen molar-refractivity contribution >= 4 is 27.3 Å². The van der Waals surface area contributed by atoms with Gasteiger partial charge >= 0.3 is 0 Å². The van der Waals surface area contributed by atoms with Gasteiger partial charge in [-0.15, -0.1) is 11.3 Å². The molecule has 3 rings (SSSR count). The van der Waals surface area contributed by atoms with Gasteiger partial charge in [-0.3, -0.25) is 9.89 Å². The zero-order chi connectivity index (χ0) is 20.0. The summed E-state index contributed by atoms with van der Waals surface area (Å²) in [7, 11) is -1.98. The second kappa shape index (κ2) is 9.51. The van der Waals surface area contributed by atoms with E-state index < -0.39 is 10.0 Å². The molecule has 2 heterocycles. The van der Waals surface area contributed by atoms with Crippen molar-refractivity contribution in [3.8, 4) is 0 Å². The van der Waals surface area contributed by atoms with E-state index in [1.807, 2.05) is 6.07 Å². The summed E-state index contributed by atoms with van der Waals surface area (Å²) in [6.45, 7) is 3.46. The molecule has 0 amide bonds. The molecule has 7 nitrogen and oxygen atoms in total. The molecule has 0 spiro atoms. The summed E-state index contributed by atoms with van der Waals surface area (Å²) < 4.78 is 23.0. The molecule has 1 aliphatic heterocycles. The van der Waals surface area contributed by atoms with Crippen LogP contribution in [0.25, 0.3) is 0 Å². The van der Waals surface area contributed by atoms with Gasteiger partial charge in [-0.2, -0.15) is 0 Å². The maximum Gasteiger partial charge on any atom is 0.238 e. The number of benzene rings is 1. The van der Waals surface area contributed by atoms with Crippen molar-refractivity contribution in [2.45, 2.75) is 30.3 Å². The number of aliphatic imine (C=N–C) groups is 1. The van der Waals surface area contributed by atoms with Crippen LogP contribution in [0.1, 0.15) is 29.3 Å². The summed E-state index contributed by atoms with van der Waals surface area (Å²) in [6.07, 6.45) is 2.49. The van der Waals surface area contributed by atoms with Crippen molar-refractivity contribution in [1.82, 2.24) is 15.5 Å². The monoisotopic (exact) mass is 421 g/mol. The van der Waals surface area contributed by atoms with Crippen LogP contribution in [0.4, 0.5) is 0 Å². The number of guanidine groups is 1. The van der Waals surface area contributed by atoms with Crippen LogP contribution < -0.4 is 15.8 Å². The Morgan fingerprint density at radius 3 is 2.68 bits per heavy atom. The third-order valence-electron chi connectivity index (χ3n) is 4.83. The second-order valence-electron chi connectivity index (χ2n) is 6.77. The standard InChI is InChI=1S/C19H27N5O2S2/c1-21-19(22-13-15-6-4-7-16(12-15)28(20,25)26)23-14-17(18-8-5-11-27-18)24-9-2-3-10-24/h4-8,11-12,17H,2-3,9-10,13-14H2,1H3,(H2,20,25,26)(H2,21,22,23). The smallest absolute Gasteiger partial charge is 0.238 e. The summed E-state index contributed by atoms with van der Waals surface area (Å²) in [5.41, 5.74) is 0.823. The van der Waals surface area contributed by atoms with Gasteiger partial charge < -0.3 is 10.6 Å². The minimum atomic E-state index is -3.70. The maximum absolute atomic E-state index is 11.5. The van der Waals surface area contributed by atoms with E-state index in [4.69, 9.17) is 5.14 Å². The predicted molar refractivity (Wildman–Crippen MR) is 114 cm³/mol. The van der Waals surface area contributed by atoms with E-state index in [-0.39, 0.29) is 4.90 Å². The zero-order valence-electron chi connectivity index (χ0n) is 16.0. The number of hydrogen-bond donors (Lipinski definition) is 3. The molecule has 1 fully saturated rings. The maximum atomic E-state index is 11.5. The van der Waals surface area contributed by atoms with E-state index in [1.54, 1.807) is 30.5 Å². The lowest BCUT2D eigenvalue weighted by Crippen LogP contribution is -2.42. The van der Waals surface area contributed by atoms with Gasteiger partial charge in [0.1, 0.15) is 0 Å². The molecule has 0 aliphatic carbocycles. The number of nitrogens with zero attached hydrogens (tertiary/aromatic N) is 2. The Bertz CT molecular complexity index is 891. The number of rotatable bonds is 7. The van der Waals surface area contributed by atoms with Crippen LogP contribution in [0.15, 0.2) is 51.7 Å². The Balaban J connectivity index is 1.60. The number of nitrogens with two attached hydrogens (primary N) is 1. The first-order chi connectivity index (χ1) is 13.5. The van der Waals surface area contributed by atoms with E-state index in [0.717, 1.165) is 25.2 Å². The van der Waals surface area contributed by atoms with Crippen LogP contribution >= 0.6 is 11.3 Å². The summed E-state index contributed by atoms with van der Waals surface area (Å²) in [5.74, 6) is 0.682. The number of nitrogens with one attached hydrogen (secondary N) is 2. The van der Waals surface area contributed by atoms with Crippen LogP contribution in [0.2, 0.25) is 0 Å². The minimum absolute atomic E-state index is 0.113. The van der Waals surface area contributed by atoms with E-state index in [0.29, 0.717) is 18.5 Å². The minimum Gasteiger partial charge on any atom is -0.354 e. The molecule has 2 aromatic rings. The van der Waals surface area contributed by atoms with Gasteiger partial charge in [0.05, 0.1) is 10.9 Å². The van der Waals surface area contributed by atoms with Crippen molar-refractivity contribution < 1.29 is 8.42 Å². The lowest BCUT2D eigenvalue weighted by Gasteiger charge is -2.27. The first-order valence-electron chi connectivity index (χ1n) is 9.31. The third kappa shape index (κ3) is 5.54. The van der Waals surface area contributed by atoms with Crippen molar-refractivity contribution in [1.29, 1.82) is 0 Å². The highest BCUT2D eigenvalue weighted by atomic mass is 32.2. The Labute approximate surface area is 170 Å². The average molecular weight is 422 g/mol. The first kappa shape index (κ1) is 20.8. The van der Waals surface area contributed by atoms with E-state index >= 15 is 0 Å². The largest absolute Gasteiger partial charge is 0.354 e. The summed E-state index contributed by atoms with van der Waals surface area (Å²) in [6, 6.07) is 11.2. The topological polar surface area (TPSA) is 99.8 Å². The molecule has 4 N–H and O–H groups in total. The Hall–Kier alpha value is -1.94. The third-order valence-corrected chi connectivity index (χ3v) is 6.71. The molecule has 1 saturated heterocycles. The van der Waals surface area contributed by atoms with Crippen LogP contribution in [-0.4, -0.2) is 46.0 Å². The Morgan fingerprint density at radius 2 is 2.04 bits per heavy atom. The highest BCUT2D eigenvalue weighted by Crippen LogP contribution is 2.27. The lowest BCUT2D eigenvalue weighted by molar-refractivity contribution is 0.249. The number of hydrogen-bond acceptors (Lipinski definition) is 5. The molecule has 152 valence electrons. The van der Waals surface area contributed by atoms with E-state index in [2.05, 4.69) is 38.0 Å². The van der Waals surface area contributed by atoms with Gasteiger partial charge in [-0.25, -0.2) is 13.6 Å². The molecule has 0 saturated carbocycles. The SMILES string of the molecule is CN=C(NCc1cccc(S(N)(=O)=O)c1)NCC(c1cccs1)N1CCCC1. The Kier molecular flexibility index (Phi) is 7.06. The molecule has 1 aromatic heterocycles. The fraction of sp³-hybridized carbons (Fsp3) is 0.421. The van der Waals surface area contributed by atoms with Crippen molar-refractivity contribution in [3.63, 3.8) is 0 Å². The van der Waals surface area contributed by atoms with Gasteiger partial charge in [-0.05, 0) is 55.1 Å². The van der Waals surface area contributed by atoms with Gasteiger partial charge in [0.25, 0.3) is 0 Å². The molecule has 28 heavy (non-hydrogen) atoms. The molecule has 1 atom stereocenters. The van der Waals surface area contributed by atoms with Gasteiger partial charge in [0.2, 0.25) is 10.0 Å². The molecular weight excluding hydrogens is 394 g/mol. The van der Waals surface area contributed by atoms with E-state index in [9.17, 15) is 8.42 Å². The first-order valence-corrected chi connectivity index (χ1v) is 11.7. The number of primary sulfonamides is 1. The van der Waals surface area contributed by atoms with Crippen LogP contribution in [0, 0.1) is 0 Å². The summed E-state index contributed by atoms with van der Waals surface area (Å²) >= 11 is 1.78. The Morgan fingerprint density at radius 1 is 1.25 bits per heavy atom. The lowest BCUT2D eigenvalue weighted by atomic mass is 10.2. The van der Waals surface area contributed by atoms with E-state index in [1.165, 1.54) is 23.8 Å². The molecule has 1 aliphatic rings. The van der Waals surface area contributed by atoms with Gasteiger partial charge in [0.15, 0.2) is 5.96 Å². The van der Waals surface area contributed by atoms with Crippen LogP contribution in [-0.2, 0) is 16.6 Å². The van der Waals surface area contributed by atoms with Gasteiger partial charge in [0, 0.05) is 25.0 Å². The predicted octanol–water partition coefficient (Wildman–Crippen LogP) is 1.90. The fourth-order valence-electron chi connectivity index (χ4n) is 3.38. The fourth-order valence-corrected chi connectivity index (χ4v) is 4.82. The highest BCUT2D eigenvalue weighted by molar-refractivity contribution is 7.89. The number of thiophene rings is 1. The van der Waals surface area contributed by atoms with Crippen LogP contribution in [0.5, 0.6) is 0 Å². The second-order valence-corrected chi connectivity index (χ2v) is 9.31. The highest BCUT2D eigenvalue weighted by Gasteiger charge is 2.24. The summed E-state index contributed by atoms with van der Waals surface area (Å²) in [5, 5.41) is 14.0. The molecule has 1 aromatic carbocycles. The molecule has 0 bridgehead atoms. The summed E-state index contributed by atoms with van der Waals surface area (Å²) in [4.78, 5) is 8.27. The van der Waals surface area contributed by atoms with Crippen molar-refractivity contribution in [3.05, 3.63) is 52.2 Å². The quantitative estimate of drug-likeness (QED) is 0.468. The molecule has 1 unspecified atom stereocenters. The van der Waals surface area contributed by atoms with Gasteiger partial charge in [-0.1, -0.05) is 18.2 Å². The molecule has 0 radical (unpaired) electrons.